The molecule has 0 aliphatic carbocycles. The first kappa shape index (κ1) is 10.1. The van der Waals surface area contributed by atoms with E-state index in [1.54, 1.807) is 24.3 Å². The van der Waals surface area contributed by atoms with Crippen molar-refractivity contribution in [2.75, 3.05) is 18.1 Å². The molecule has 3 rings (SSSR count). The Morgan fingerprint density at radius 2 is 1.76 bits per heavy atom. The van der Waals surface area contributed by atoms with E-state index in [2.05, 4.69) is 4.98 Å². The minimum atomic E-state index is -0.351. The van der Waals surface area contributed by atoms with Gasteiger partial charge < -0.3 is 9.99 Å². The van der Waals surface area contributed by atoms with Crippen molar-refractivity contribution in [2.45, 2.75) is 12.8 Å². The normalized spacial score (nSPS) is 15.6. The molecule has 0 spiro atoms. The molecule has 1 aromatic heterocycles. The summed E-state index contributed by atoms with van der Waals surface area (Å²) in [6.07, 6.45) is 2.05. The predicted octanol–water partition coefficient (Wildman–Crippen LogP) is 0.422. The van der Waals surface area contributed by atoms with Crippen LogP contribution >= 0.6 is 0 Å². The molecule has 88 valence electrons. The van der Waals surface area contributed by atoms with Crippen LogP contribution in [0.1, 0.15) is 12.8 Å². The van der Waals surface area contributed by atoms with Crippen LogP contribution in [0.3, 0.4) is 0 Å². The van der Waals surface area contributed by atoms with Gasteiger partial charge in [-0.15, -0.1) is 0 Å². The van der Waals surface area contributed by atoms with Crippen LogP contribution in [-0.4, -0.2) is 22.7 Å². The zero-order valence-corrected chi connectivity index (χ0v) is 9.35. The highest BCUT2D eigenvalue weighted by molar-refractivity contribution is 5.76. The predicted molar refractivity (Wildman–Crippen MR) is 66.0 cm³/mol. The summed E-state index contributed by atoms with van der Waals surface area (Å²) < 4.78 is 1.23. The van der Waals surface area contributed by atoms with Crippen LogP contribution in [0.25, 0.3) is 10.9 Å². The first-order valence-electron chi connectivity index (χ1n) is 5.77. The van der Waals surface area contributed by atoms with Crippen molar-refractivity contribution in [1.29, 1.82) is 0 Å². The van der Waals surface area contributed by atoms with E-state index in [4.69, 9.17) is 0 Å². The number of nitrogens with one attached hydrogen (secondary N) is 1. The van der Waals surface area contributed by atoms with E-state index in [1.807, 2.05) is 5.01 Å². The fourth-order valence-corrected chi connectivity index (χ4v) is 2.31. The Morgan fingerprint density at radius 1 is 1.06 bits per heavy atom. The van der Waals surface area contributed by atoms with Crippen molar-refractivity contribution >= 4 is 10.9 Å². The van der Waals surface area contributed by atoms with Gasteiger partial charge in [0.25, 0.3) is 5.56 Å². The number of H-pyrrole nitrogens is 1. The average molecular weight is 231 g/mol. The lowest BCUT2D eigenvalue weighted by atomic mass is 10.2. The van der Waals surface area contributed by atoms with Gasteiger partial charge in [-0.25, -0.2) is 4.79 Å². The van der Waals surface area contributed by atoms with Crippen LogP contribution < -0.4 is 16.3 Å². The van der Waals surface area contributed by atoms with Crippen molar-refractivity contribution in [1.82, 2.24) is 9.66 Å². The monoisotopic (exact) mass is 231 g/mol. The Morgan fingerprint density at radius 3 is 2.53 bits per heavy atom. The van der Waals surface area contributed by atoms with Gasteiger partial charge in [-0.3, -0.25) is 4.79 Å². The number of para-hydroxylation sites is 1. The van der Waals surface area contributed by atoms with Crippen LogP contribution in [0.15, 0.2) is 33.9 Å². The summed E-state index contributed by atoms with van der Waals surface area (Å²) in [5.74, 6) is 0. The fraction of sp³-hybridized carbons (Fsp3) is 0.333. The third-order valence-corrected chi connectivity index (χ3v) is 3.15. The summed E-state index contributed by atoms with van der Waals surface area (Å²) in [5.41, 5.74) is 0.0137. The molecule has 2 heterocycles. The van der Waals surface area contributed by atoms with Crippen LogP contribution in [0.5, 0.6) is 0 Å². The summed E-state index contributed by atoms with van der Waals surface area (Å²) in [7, 11) is 0. The van der Waals surface area contributed by atoms with E-state index in [0.717, 1.165) is 25.9 Å². The van der Waals surface area contributed by atoms with E-state index >= 15 is 0 Å². The van der Waals surface area contributed by atoms with Crippen LogP contribution in [0.4, 0.5) is 0 Å². The molecule has 1 saturated heterocycles. The van der Waals surface area contributed by atoms with Crippen molar-refractivity contribution in [2.24, 2.45) is 0 Å². The molecule has 0 amide bonds. The molecule has 0 saturated carbocycles. The lowest BCUT2D eigenvalue weighted by Crippen LogP contribution is -2.49. The van der Waals surface area contributed by atoms with Crippen molar-refractivity contribution in [3.63, 3.8) is 0 Å². The summed E-state index contributed by atoms with van der Waals surface area (Å²) in [4.78, 5) is 26.9. The van der Waals surface area contributed by atoms with Gasteiger partial charge in [0.15, 0.2) is 0 Å². The molecule has 0 atom stereocenters. The van der Waals surface area contributed by atoms with E-state index < -0.39 is 0 Å². The van der Waals surface area contributed by atoms with Crippen molar-refractivity contribution in [3.05, 3.63) is 45.1 Å². The molecule has 5 heteroatoms. The molecule has 0 bridgehead atoms. The van der Waals surface area contributed by atoms with Gasteiger partial charge >= 0.3 is 5.69 Å². The van der Waals surface area contributed by atoms with Crippen molar-refractivity contribution < 1.29 is 0 Å². The Kier molecular flexibility index (Phi) is 2.24. The standard InChI is InChI=1S/C12H13N3O2/c16-11-9-5-1-2-6-10(9)13-12(17)15(11)14-7-3-4-8-14/h1-2,5-6H,3-4,7-8H2,(H,13,17). The first-order chi connectivity index (χ1) is 8.27. The highest BCUT2D eigenvalue weighted by Crippen LogP contribution is 2.06. The quantitative estimate of drug-likeness (QED) is 0.774. The summed E-state index contributed by atoms with van der Waals surface area (Å²) in [6, 6.07) is 7.08. The second-order valence-corrected chi connectivity index (χ2v) is 4.25. The molecule has 5 nitrogen and oxygen atoms in total. The topological polar surface area (TPSA) is 58.1 Å². The minimum Gasteiger partial charge on any atom is -0.306 e. The van der Waals surface area contributed by atoms with E-state index in [0.29, 0.717) is 10.9 Å². The van der Waals surface area contributed by atoms with Gasteiger partial charge in [0.05, 0.1) is 10.9 Å². The highest BCUT2D eigenvalue weighted by Gasteiger charge is 2.17. The van der Waals surface area contributed by atoms with E-state index in [1.165, 1.54) is 4.68 Å². The second kappa shape index (κ2) is 3.76. The van der Waals surface area contributed by atoms with Crippen LogP contribution in [0.2, 0.25) is 0 Å². The Hall–Kier alpha value is -2.04. The van der Waals surface area contributed by atoms with Crippen molar-refractivity contribution in [3.8, 4) is 0 Å². The second-order valence-electron chi connectivity index (χ2n) is 4.25. The summed E-state index contributed by atoms with van der Waals surface area (Å²) in [5, 5.41) is 2.37. The number of hydrogen-bond donors (Lipinski definition) is 1. The number of aromatic nitrogens is 2. The Balaban J connectivity index is 2.31. The SMILES string of the molecule is O=c1[nH]c2ccccc2c(=O)n1N1CCCC1. The maximum atomic E-state index is 12.2. The molecule has 0 radical (unpaired) electrons. The molecule has 1 aromatic carbocycles. The lowest BCUT2D eigenvalue weighted by Gasteiger charge is -2.18. The largest absolute Gasteiger partial charge is 0.347 e. The van der Waals surface area contributed by atoms with Gasteiger partial charge in [-0.05, 0) is 25.0 Å². The molecule has 1 N–H and O–H groups in total. The van der Waals surface area contributed by atoms with Gasteiger partial charge in [0.1, 0.15) is 0 Å². The number of hydrogen-bond acceptors (Lipinski definition) is 3. The maximum Gasteiger partial charge on any atom is 0.347 e. The number of fused-ring (bicyclic) bond motifs is 1. The first-order valence-corrected chi connectivity index (χ1v) is 5.77. The minimum absolute atomic E-state index is 0.230. The Bertz CT molecular complexity index is 665. The third-order valence-electron chi connectivity index (χ3n) is 3.15. The van der Waals surface area contributed by atoms with Gasteiger partial charge in [-0.1, -0.05) is 12.1 Å². The zero-order valence-electron chi connectivity index (χ0n) is 9.35. The number of aromatic amines is 1. The smallest absolute Gasteiger partial charge is 0.306 e. The maximum absolute atomic E-state index is 12.2. The molecule has 1 fully saturated rings. The van der Waals surface area contributed by atoms with Crippen LogP contribution in [-0.2, 0) is 0 Å². The lowest BCUT2D eigenvalue weighted by molar-refractivity contribution is 0.609. The molecular weight excluding hydrogens is 218 g/mol. The van der Waals surface area contributed by atoms with E-state index in [9.17, 15) is 9.59 Å². The zero-order chi connectivity index (χ0) is 11.8. The summed E-state index contributed by atoms with van der Waals surface area (Å²) in [6.45, 7) is 1.53. The molecule has 17 heavy (non-hydrogen) atoms. The van der Waals surface area contributed by atoms with Gasteiger partial charge in [0, 0.05) is 13.1 Å². The average Bonchev–Trinajstić information content (AvgIpc) is 2.83. The molecular formula is C12H13N3O2. The molecule has 1 aliphatic rings. The van der Waals surface area contributed by atoms with Gasteiger partial charge in [0.2, 0.25) is 0 Å². The number of rotatable bonds is 1. The molecule has 0 unspecified atom stereocenters. The highest BCUT2D eigenvalue weighted by atomic mass is 16.2. The number of nitrogens with zero attached hydrogens (tertiary/aromatic N) is 2. The van der Waals surface area contributed by atoms with Crippen LogP contribution in [0, 0.1) is 0 Å². The van der Waals surface area contributed by atoms with E-state index in [-0.39, 0.29) is 11.2 Å². The third kappa shape index (κ3) is 1.54. The summed E-state index contributed by atoms with van der Waals surface area (Å²) >= 11 is 0. The number of benzene rings is 1. The molecule has 1 aliphatic heterocycles. The Labute approximate surface area is 97.3 Å². The fourth-order valence-electron chi connectivity index (χ4n) is 2.31. The van der Waals surface area contributed by atoms with Gasteiger partial charge in [-0.2, -0.15) is 4.68 Å². The molecule has 2 aromatic rings.